The predicted molar refractivity (Wildman–Crippen MR) is 121 cm³/mol. The molecular weight excluding hydrogens is 426 g/mol. The van der Waals surface area contributed by atoms with Crippen LogP contribution < -0.4 is 21.8 Å². The Morgan fingerprint density at radius 2 is 2.03 bits per heavy atom. The number of aryl methyl sites for hydroxylation is 1. The van der Waals surface area contributed by atoms with Gasteiger partial charge in [-0.15, -0.1) is 22.7 Å². The van der Waals surface area contributed by atoms with Crippen molar-refractivity contribution in [3.05, 3.63) is 53.4 Å². The van der Waals surface area contributed by atoms with E-state index in [9.17, 15) is 19.5 Å². The summed E-state index contributed by atoms with van der Waals surface area (Å²) in [6, 6.07) is 3.72. The zero-order valence-corrected chi connectivity index (χ0v) is 18.6. The van der Waals surface area contributed by atoms with Crippen molar-refractivity contribution in [2.45, 2.75) is 19.4 Å². The van der Waals surface area contributed by atoms with Gasteiger partial charge in [0.2, 0.25) is 0 Å². The molecule has 3 aromatic rings. The molecule has 0 unspecified atom stereocenters. The molecule has 0 bridgehead atoms. The first-order valence-corrected chi connectivity index (χ1v) is 10.9. The highest BCUT2D eigenvalue weighted by atomic mass is 32.1. The first-order chi connectivity index (χ1) is 14.2. The van der Waals surface area contributed by atoms with Gasteiger partial charge in [0.25, 0.3) is 17.0 Å². The fraction of sp³-hybridized carbons (Fsp3) is 0.316. The average molecular weight is 450 g/mol. The van der Waals surface area contributed by atoms with Crippen molar-refractivity contribution in [1.82, 2.24) is 14.7 Å². The van der Waals surface area contributed by atoms with E-state index in [1.165, 1.54) is 17.3 Å². The number of nitrogens with one attached hydrogen (secondary N) is 3. The van der Waals surface area contributed by atoms with E-state index in [4.69, 9.17) is 0 Å². The van der Waals surface area contributed by atoms with Crippen LogP contribution in [0.4, 0.5) is 17.1 Å². The van der Waals surface area contributed by atoms with Crippen LogP contribution in [-0.2, 0) is 7.05 Å². The largest absolute Gasteiger partial charge is 0.504 e. The molecule has 0 fully saturated rings. The van der Waals surface area contributed by atoms with E-state index in [1.54, 1.807) is 25.4 Å². The van der Waals surface area contributed by atoms with Gasteiger partial charge < -0.3 is 20.6 Å². The van der Waals surface area contributed by atoms with Gasteiger partial charge in [0.15, 0.2) is 5.75 Å². The molecule has 3 rings (SSSR count). The molecule has 0 saturated heterocycles. The number of thiophene rings is 2. The Hall–Kier alpha value is -3.05. The Kier molecular flexibility index (Phi) is 6.32. The number of aromatic amines is 1. The molecule has 1 amide bonds. The topological polar surface area (TPSA) is 119 Å². The molecule has 0 aliphatic rings. The maximum absolute atomic E-state index is 12.8. The molecule has 0 spiro atoms. The van der Waals surface area contributed by atoms with Crippen molar-refractivity contribution in [2.75, 3.05) is 24.7 Å². The predicted octanol–water partition coefficient (Wildman–Crippen LogP) is 2.91. The average Bonchev–Trinajstić information content (AvgIpc) is 3.36. The number of amides is 1. The summed E-state index contributed by atoms with van der Waals surface area (Å²) < 4.78 is 1.10. The van der Waals surface area contributed by atoms with Crippen LogP contribution in [0.2, 0.25) is 0 Å². The Morgan fingerprint density at radius 3 is 2.63 bits per heavy atom. The number of hydrogen-bond donors (Lipinski definition) is 4. The second kappa shape index (κ2) is 8.76. The number of aromatic nitrogens is 2. The van der Waals surface area contributed by atoms with Gasteiger partial charge in [-0.2, -0.15) is 0 Å². The van der Waals surface area contributed by atoms with Crippen molar-refractivity contribution in [3.8, 4) is 5.75 Å². The summed E-state index contributed by atoms with van der Waals surface area (Å²) >= 11 is 2.60. The first kappa shape index (κ1) is 21.7. The summed E-state index contributed by atoms with van der Waals surface area (Å²) in [5.74, 6) is -0.624. The van der Waals surface area contributed by atoms with E-state index >= 15 is 0 Å². The van der Waals surface area contributed by atoms with Crippen LogP contribution in [0.5, 0.6) is 5.75 Å². The van der Waals surface area contributed by atoms with Crippen molar-refractivity contribution < 1.29 is 9.90 Å². The smallest absolute Gasteiger partial charge is 0.290 e. The molecule has 0 saturated carbocycles. The molecular formula is C19H23N5O4S2. The van der Waals surface area contributed by atoms with E-state index in [2.05, 4.69) is 15.7 Å². The lowest BCUT2D eigenvalue weighted by atomic mass is 10.1. The Labute approximate surface area is 180 Å². The number of nitrogens with zero attached hydrogens (tertiary/aromatic N) is 2. The van der Waals surface area contributed by atoms with Crippen molar-refractivity contribution in [3.63, 3.8) is 0 Å². The number of aromatic hydroxyl groups is 1. The van der Waals surface area contributed by atoms with Gasteiger partial charge in [-0.3, -0.25) is 24.2 Å². The highest BCUT2D eigenvalue weighted by Crippen LogP contribution is 2.37. The Bertz CT molecular complexity index is 1160. The van der Waals surface area contributed by atoms with Gasteiger partial charge >= 0.3 is 0 Å². The molecule has 160 valence electrons. The third-order valence-electron chi connectivity index (χ3n) is 4.50. The van der Waals surface area contributed by atoms with E-state index in [0.29, 0.717) is 6.42 Å². The Morgan fingerprint density at radius 1 is 1.30 bits per heavy atom. The number of carbonyl (C=O) groups excluding carboxylic acids is 1. The van der Waals surface area contributed by atoms with Gasteiger partial charge in [-0.1, -0.05) is 13.0 Å². The molecule has 3 heterocycles. The lowest BCUT2D eigenvalue weighted by Gasteiger charge is -2.19. The van der Waals surface area contributed by atoms with Gasteiger partial charge in [-0.25, -0.2) is 0 Å². The first-order valence-electron chi connectivity index (χ1n) is 9.16. The lowest BCUT2D eigenvalue weighted by Crippen LogP contribution is -2.32. The number of rotatable bonds is 7. The van der Waals surface area contributed by atoms with Crippen molar-refractivity contribution in [2.24, 2.45) is 7.05 Å². The zero-order valence-electron chi connectivity index (χ0n) is 17.0. The molecule has 4 N–H and O–H groups in total. The van der Waals surface area contributed by atoms with E-state index in [1.807, 2.05) is 24.4 Å². The van der Waals surface area contributed by atoms with Crippen molar-refractivity contribution >= 4 is 45.6 Å². The van der Waals surface area contributed by atoms with Gasteiger partial charge in [-0.05, 0) is 17.9 Å². The minimum Gasteiger partial charge on any atom is -0.504 e. The minimum atomic E-state index is -0.535. The molecule has 0 aliphatic heterocycles. The maximum atomic E-state index is 12.8. The summed E-state index contributed by atoms with van der Waals surface area (Å²) in [6.45, 7) is 1.98. The van der Waals surface area contributed by atoms with Gasteiger partial charge in [0, 0.05) is 31.4 Å². The summed E-state index contributed by atoms with van der Waals surface area (Å²) in [4.78, 5) is 40.2. The third kappa shape index (κ3) is 4.12. The molecule has 0 aliphatic carbocycles. The fourth-order valence-corrected chi connectivity index (χ4v) is 4.64. The third-order valence-corrected chi connectivity index (χ3v) is 6.45. The fourth-order valence-electron chi connectivity index (χ4n) is 2.87. The lowest BCUT2D eigenvalue weighted by molar-refractivity contribution is 0.0829. The number of hydrogen-bond acceptors (Lipinski definition) is 8. The van der Waals surface area contributed by atoms with Crippen LogP contribution in [0.1, 0.15) is 33.9 Å². The second-order valence-corrected chi connectivity index (χ2v) is 8.69. The molecule has 11 heteroatoms. The normalized spacial score (nSPS) is 11.9. The van der Waals surface area contributed by atoms with Gasteiger partial charge in [0.05, 0.1) is 11.7 Å². The number of H-pyrrole nitrogens is 1. The highest BCUT2D eigenvalue weighted by molar-refractivity contribution is 7.13. The molecule has 0 radical (unpaired) electrons. The number of carbonyl (C=O) groups is 1. The van der Waals surface area contributed by atoms with E-state index in [-0.39, 0.29) is 39.6 Å². The zero-order chi connectivity index (χ0) is 22.0. The molecule has 30 heavy (non-hydrogen) atoms. The number of anilines is 3. The second-order valence-electron chi connectivity index (χ2n) is 6.83. The van der Waals surface area contributed by atoms with Crippen LogP contribution in [0.25, 0.3) is 0 Å². The summed E-state index contributed by atoms with van der Waals surface area (Å²) in [7, 11) is 4.62. The SMILES string of the molecule is CC[C@@H](Nc1c(Nc2csc(C(=O)N(C)C)c2O)c(=O)[nH]n(C)c1=O)c1cccs1. The van der Waals surface area contributed by atoms with Crippen LogP contribution in [0.15, 0.2) is 32.5 Å². The summed E-state index contributed by atoms with van der Waals surface area (Å²) in [5.41, 5.74) is -0.716. The Balaban J connectivity index is 2.04. The van der Waals surface area contributed by atoms with Crippen LogP contribution >= 0.6 is 22.7 Å². The summed E-state index contributed by atoms with van der Waals surface area (Å²) in [6.07, 6.45) is 0.696. The molecule has 0 aromatic carbocycles. The molecule has 1 atom stereocenters. The van der Waals surface area contributed by atoms with Crippen LogP contribution in [0.3, 0.4) is 0 Å². The highest BCUT2D eigenvalue weighted by Gasteiger charge is 2.23. The standard InChI is InChI=1S/C19H23N5O4S2/c1-5-10(12-7-6-8-29-12)20-14-13(17(26)22-24(4)18(14)27)21-11-9-30-16(15(11)25)19(28)23(2)3/h6-10,20-21,25H,5H2,1-4H3,(H,22,26)/t10-/m1/s1. The van der Waals surface area contributed by atoms with Crippen molar-refractivity contribution in [1.29, 1.82) is 0 Å². The molecule has 3 aromatic heterocycles. The quantitative estimate of drug-likeness (QED) is 0.440. The van der Waals surface area contributed by atoms with E-state index in [0.717, 1.165) is 20.9 Å². The molecule has 9 nitrogen and oxygen atoms in total. The van der Waals surface area contributed by atoms with E-state index < -0.39 is 11.1 Å². The van der Waals surface area contributed by atoms with Crippen LogP contribution in [-0.4, -0.2) is 39.8 Å². The maximum Gasteiger partial charge on any atom is 0.290 e. The van der Waals surface area contributed by atoms with Gasteiger partial charge in [0.1, 0.15) is 16.3 Å². The minimum absolute atomic E-state index is 0.0231. The monoisotopic (exact) mass is 449 g/mol. The summed E-state index contributed by atoms with van der Waals surface area (Å²) in [5, 5.41) is 22.4. The van der Waals surface area contributed by atoms with Crippen LogP contribution in [0, 0.1) is 0 Å².